The highest BCUT2D eigenvalue weighted by atomic mass is 35.5. The largest absolute Gasteiger partial charge is 0.343 e. The number of nitrogens with zero attached hydrogens (tertiary/aromatic N) is 4. The van der Waals surface area contributed by atoms with Crippen molar-refractivity contribution in [2.24, 2.45) is 11.8 Å². The van der Waals surface area contributed by atoms with Gasteiger partial charge in [-0.15, -0.1) is 0 Å². The molecule has 0 radical (unpaired) electrons. The molecule has 0 saturated carbocycles. The van der Waals surface area contributed by atoms with Gasteiger partial charge in [0.15, 0.2) is 0 Å². The van der Waals surface area contributed by atoms with Crippen LogP contribution in [-0.4, -0.2) is 70.3 Å². The number of hydrogen-bond acceptors (Lipinski definition) is 4. The first kappa shape index (κ1) is 25.6. The van der Waals surface area contributed by atoms with E-state index in [0.717, 1.165) is 50.6 Å². The number of benzene rings is 1. The quantitative estimate of drug-likeness (QED) is 0.584. The zero-order valence-electron chi connectivity index (χ0n) is 21.1. The maximum absolute atomic E-state index is 13.5. The number of piperidine rings is 1. The van der Waals surface area contributed by atoms with Crippen molar-refractivity contribution in [1.82, 2.24) is 19.7 Å². The lowest BCUT2D eigenvalue weighted by molar-refractivity contribution is -0.139. The third-order valence-corrected chi connectivity index (χ3v) is 7.89. The van der Waals surface area contributed by atoms with Crippen molar-refractivity contribution in [2.75, 3.05) is 32.7 Å². The molecule has 188 valence electrons. The normalized spacial score (nSPS) is 20.8. The molecule has 2 atom stereocenters. The summed E-state index contributed by atoms with van der Waals surface area (Å²) in [6.45, 7) is 9.94. The average molecular weight is 497 g/mol. The summed E-state index contributed by atoms with van der Waals surface area (Å²) in [7, 11) is 0. The van der Waals surface area contributed by atoms with Gasteiger partial charge in [0.25, 0.3) is 0 Å². The monoisotopic (exact) mass is 496 g/mol. The molecule has 0 N–H and O–H groups in total. The number of carbonyl (C=O) groups is 2. The number of hydrogen-bond donors (Lipinski definition) is 0. The number of amides is 2. The molecule has 1 aromatic heterocycles. The summed E-state index contributed by atoms with van der Waals surface area (Å²) in [4.78, 5) is 35.8. The van der Waals surface area contributed by atoms with Gasteiger partial charge in [-0.3, -0.25) is 19.5 Å². The Bertz CT molecular complexity index is 990. The van der Waals surface area contributed by atoms with Gasteiger partial charge in [0.05, 0.1) is 6.04 Å². The molecule has 1 aromatic carbocycles. The van der Waals surface area contributed by atoms with Crippen molar-refractivity contribution >= 4 is 23.4 Å². The molecule has 3 heterocycles. The minimum Gasteiger partial charge on any atom is -0.343 e. The van der Waals surface area contributed by atoms with Crippen LogP contribution in [0.1, 0.15) is 57.2 Å². The minimum absolute atomic E-state index is 0.0877. The summed E-state index contributed by atoms with van der Waals surface area (Å²) in [6, 6.07) is 12.5. The summed E-state index contributed by atoms with van der Waals surface area (Å²) < 4.78 is 0. The second-order valence-corrected chi connectivity index (χ2v) is 10.7. The summed E-state index contributed by atoms with van der Waals surface area (Å²) in [5.74, 6) is 1.11. The number of carbonyl (C=O) groups excluding carboxylic acids is 2. The van der Waals surface area contributed by atoms with Crippen molar-refractivity contribution in [3.05, 3.63) is 64.9 Å². The van der Waals surface area contributed by atoms with Crippen LogP contribution >= 0.6 is 11.6 Å². The van der Waals surface area contributed by atoms with Crippen molar-refractivity contribution < 1.29 is 9.59 Å². The van der Waals surface area contributed by atoms with E-state index in [9.17, 15) is 9.59 Å². The van der Waals surface area contributed by atoms with E-state index >= 15 is 0 Å². The topological polar surface area (TPSA) is 56.8 Å². The summed E-state index contributed by atoms with van der Waals surface area (Å²) in [5.41, 5.74) is 2.39. The molecule has 35 heavy (non-hydrogen) atoms. The number of aromatic nitrogens is 1. The molecule has 0 spiro atoms. The second kappa shape index (κ2) is 11.5. The molecule has 7 heteroatoms. The SMILES string of the molecule is CC(=O)N1CCC(CC(=O)N2CCN(C(c3ccncc3)c3ccc(Cl)cc3)C[C@@H]2C(C)C)CC1. The van der Waals surface area contributed by atoms with E-state index in [4.69, 9.17) is 11.6 Å². The van der Waals surface area contributed by atoms with Gasteiger partial charge in [0.2, 0.25) is 11.8 Å². The Morgan fingerprint density at radius 3 is 2.20 bits per heavy atom. The lowest BCUT2D eigenvalue weighted by atomic mass is 9.90. The number of piperazine rings is 1. The van der Waals surface area contributed by atoms with Gasteiger partial charge >= 0.3 is 0 Å². The molecule has 0 aliphatic carbocycles. The van der Waals surface area contributed by atoms with Gasteiger partial charge in [-0.25, -0.2) is 0 Å². The predicted molar refractivity (Wildman–Crippen MR) is 139 cm³/mol. The highest BCUT2D eigenvalue weighted by molar-refractivity contribution is 6.30. The summed E-state index contributed by atoms with van der Waals surface area (Å²) in [6.07, 6.45) is 6.10. The van der Waals surface area contributed by atoms with Crippen molar-refractivity contribution in [3.8, 4) is 0 Å². The maximum atomic E-state index is 13.5. The van der Waals surface area contributed by atoms with Crippen molar-refractivity contribution in [2.45, 2.75) is 52.1 Å². The molecule has 2 amide bonds. The van der Waals surface area contributed by atoms with Crippen molar-refractivity contribution in [1.29, 1.82) is 0 Å². The Morgan fingerprint density at radius 1 is 0.971 bits per heavy atom. The van der Waals surface area contributed by atoms with E-state index in [1.54, 1.807) is 6.92 Å². The zero-order chi connectivity index (χ0) is 24.9. The molecule has 1 unspecified atom stereocenters. The van der Waals surface area contributed by atoms with E-state index < -0.39 is 0 Å². The smallest absolute Gasteiger partial charge is 0.223 e. The Kier molecular flexibility index (Phi) is 8.45. The van der Waals surface area contributed by atoms with Crippen LogP contribution in [0.3, 0.4) is 0 Å². The highest BCUT2D eigenvalue weighted by Gasteiger charge is 2.37. The molecule has 6 nitrogen and oxygen atoms in total. The standard InChI is InChI=1S/C28H37ClN4O2/c1-20(2)26-19-32(28(24-8-12-30-13-9-24)23-4-6-25(29)7-5-23)16-17-33(26)27(35)18-22-10-14-31(15-11-22)21(3)34/h4-9,12-13,20,22,26,28H,10-11,14-19H2,1-3H3/t26-,28?/m1/s1. The lowest BCUT2D eigenvalue weighted by Gasteiger charge is -2.47. The van der Waals surface area contributed by atoms with Gasteiger partial charge in [-0.1, -0.05) is 37.6 Å². The van der Waals surface area contributed by atoms with Crippen LogP contribution in [0.5, 0.6) is 0 Å². The van der Waals surface area contributed by atoms with E-state index in [1.165, 1.54) is 11.1 Å². The fraction of sp³-hybridized carbons (Fsp3) is 0.536. The van der Waals surface area contributed by atoms with Gasteiger partial charge in [-0.05, 0) is 60.1 Å². The second-order valence-electron chi connectivity index (χ2n) is 10.3. The summed E-state index contributed by atoms with van der Waals surface area (Å²) >= 11 is 6.18. The molecule has 2 aliphatic heterocycles. The van der Waals surface area contributed by atoms with Crippen LogP contribution < -0.4 is 0 Å². The summed E-state index contributed by atoms with van der Waals surface area (Å²) in [5, 5.41) is 0.729. The van der Waals surface area contributed by atoms with Crippen LogP contribution in [0.25, 0.3) is 0 Å². The van der Waals surface area contributed by atoms with Crippen molar-refractivity contribution in [3.63, 3.8) is 0 Å². The van der Waals surface area contributed by atoms with Crippen LogP contribution in [0.4, 0.5) is 0 Å². The van der Waals surface area contributed by atoms with Crippen LogP contribution in [0.2, 0.25) is 5.02 Å². The van der Waals surface area contributed by atoms with Gasteiger partial charge in [0, 0.05) is 69.5 Å². The number of likely N-dealkylation sites (tertiary alicyclic amines) is 1. The molecule has 2 aliphatic rings. The van der Waals surface area contributed by atoms with E-state index in [1.807, 2.05) is 29.4 Å². The van der Waals surface area contributed by atoms with Gasteiger partial charge in [-0.2, -0.15) is 0 Å². The third kappa shape index (κ3) is 6.22. The first-order chi connectivity index (χ1) is 16.8. The van der Waals surface area contributed by atoms with Crippen LogP contribution in [0, 0.1) is 11.8 Å². The van der Waals surface area contributed by atoms with Gasteiger partial charge in [0.1, 0.15) is 0 Å². The third-order valence-electron chi connectivity index (χ3n) is 7.64. The Morgan fingerprint density at radius 2 is 1.60 bits per heavy atom. The number of pyridine rings is 1. The fourth-order valence-corrected chi connectivity index (χ4v) is 5.69. The maximum Gasteiger partial charge on any atom is 0.223 e. The molecule has 0 bridgehead atoms. The Labute approximate surface area is 214 Å². The molecular formula is C28H37ClN4O2. The average Bonchev–Trinajstić information content (AvgIpc) is 2.86. The number of halogens is 1. The first-order valence-corrected chi connectivity index (χ1v) is 13.2. The molecule has 2 saturated heterocycles. The molecule has 2 aromatic rings. The molecule has 2 fully saturated rings. The highest BCUT2D eigenvalue weighted by Crippen LogP contribution is 2.33. The Balaban J connectivity index is 1.48. The Hall–Kier alpha value is -2.44. The molecular weight excluding hydrogens is 460 g/mol. The lowest BCUT2D eigenvalue weighted by Crippen LogP contribution is -2.58. The predicted octanol–water partition coefficient (Wildman–Crippen LogP) is 4.64. The first-order valence-electron chi connectivity index (χ1n) is 12.8. The van der Waals surface area contributed by atoms with Crippen LogP contribution in [-0.2, 0) is 9.59 Å². The van der Waals surface area contributed by atoms with E-state index in [0.29, 0.717) is 18.3 Å². The zero-order valence-corrected chi connectivity index (χ0v) is 21.8. The van der Waals surface area contributed by atoms with E-state index in [2.05, 4.69) is 52.9 Å². The molecule has 4 rings (SSSR count). The minimum atomic E-state index is 0.0877. The van der Waals surface area contributed by atoms with Gasteiger partial charge < -0.3 is 9.80 Å². The van der Waals surface area contributed by atoms with E-state index in [-0.39, 0.29) is 23.9 Å². The van der Waals surface area contributed by atoms with Crippen LogP contribution in [0.15, 0.2) is 48.8 Å². The number of rotatable bonds is 6. The fourth-order valence-electron chi connectivity index (χ4n) is 5.57.